The average Bonchev–Trinajstić information content (AvgIpc) is 2.37. The molecule has 1 aromatic carbocycles. The van der Waals surface area contributed by atoms with Crippen molar-refractivity contribution in [1.82, 2.24) is 0 Å². The molecule has 4 nitrogen and oxygen atoms in total. The topological polar surface area (TPSA) is 102 Å². The van der Waals surface area contributed by atoms with E-state index in [0.717, 1.165) is 0 Å². The second-order valence-corrected chi connectivity index (χ2v) is 4.17. The second kappa shape index (κ2) is 5.87. The van der Waals surface area contributed by atoms with Crippen molar-refractivity contribution in [2.75, 3.05) is 0 Å². The van der Waals surface area contributed by atoms with E-state index in [0.29, 0.717) is 5.56 Å². The fraction of sp³-hybridized carbons (Fsp3) is 0.0833. The summed E-state index contributed by atoms with van der Waals surface area (Å²) in [5.74, 6) is -0.913. The first-order chi connectivity index (χ1) is 9.16. The van der Waals surface area contributed by atoms with Crippen LogP contribution < -0.4 is 17.2 Å². The third kappa shape index (κ3) is 3.45. The van der Waals surface area contributed by atoms with Crippen LogP contribution in [-0.4, -0.2) is 12.0 Å². The molecule has 0 aliphatic heterocycles. The molecule has 0 aliphatic carbocycles. The Morgan fingerprint density at radius 1 is 1.05 bits per heavy atom. The summed E-state index contributed by atoms with van der Waals surface area (Å²) < 4.78 is 37.9. The van der Waals surface area contributed by atoms with E-state index in [-0.39, 0.29) is 5.70 Å². The molecule has 0 unspecified atom stereocenters. The number of nitrogens with one attached hydrogen (secondary N) is 1. The molecule has 0 bridgehead atoms. The first kappa shape index (κ1) is 15.9. The van der Waals surface area contributed by atoms with Crippen LogP contribution in [0.25, 0.3) is 5.70 Å². The first-order valence-electron chi connectivity index (χ1n) is 5.28. The van der Waals surface area contributed by atoms with E-state index in [1.165, 1.54) is 0 Å². The van der Waals surface area contributed by atoms with Gasteiger partial charge in [-0.15, -0.1) is 0 Å². The van der Waals surface area contributed by atoms with E-state index in [4.69, 9.17) is 34.2 Å². The molecule has 0 heterocycles. The number of rotatable bonds is 3. The summed E-state index contributed by atoms with van der Waals surface area (Å²) in [5.41, 5.74) is 13.6. The van der Waals surface area contributed by atoms with Gasteiger partial charge in [-0.25, -0.2) is 0 Å². The van der Waals surface area contributed by atoms with Gasteiger partial charge in [-0.2, -0.15) is 13.2 Å². The van der Waals surface area contributed by atoms with Gasteiger partial charge in [0, 0.05) is 0 Å². The third-order valence-corrected chi connectivity index (χ3v) is 2.78. The Hall–Kier alpha value is -2.15. The second-order valence-electron chi connectivity index (χ2n) is 3.79. The van der Waals surface area contributed by atoms with Crippen LogP contribution in [0.5, 0.6) is 0 Å². The van der Waals surface area contributed by atoms with E-state index in [2.05, 4.69) is 0 Å². The Bertz CT molecular complexity index is 576. The van der Waals surface area contributed by atoms with Gasteiger partial charge in [0.05, 0.1) is 16.3 Å². The monoisotopic (exact) mass is 304 g/mol. The maximum absolute atomic E-state index is 12.6. The summed E-state index contributed by atoms with van der Waals surface area (Å²) >= 11 is 5.82. The number of amidine groups is 1. The number of nitrogens with two attached hydrogens (primary N) is 3. The van der Waals surface area contributed by atoms with Gasteiger partial charge in [-0.05, 0) is 5.56 Å². The van der Waals surface area contributed by atoms with Gasteiger partial charge in [0.1, 0.15) is 11.5 Å². The summed E-state index contributed by atoms with van der Waals surface area (Å²) in [6.45, 7) is 0. The fourth-order valence-corrected chi connectivity index (χ4v) is 1.72. The molecule has 108 valence electrons. The van der Waals surface area contributed by atoms with Crippen LogP contribution >= 0.6 is 11.6 Å². The van der Waals surface area contributed by atoms with Crippen molar-refractivity contribution < 1.29 is 13.2 Å². The molecule has 0 amide bonds. The van der Waals surface area contributed by atoms with Gasteiger partial charge >= 0.3 is 6.18 Å². The highest BCUT2D eigenvalue weighted by molar-refractivity contribution is 6.38. The maximum Gasteiger partial charge on any atom is 0.431 e. The molecule has 8 heteroatoms. The smallest absolute Gasteiger partial charge is 0.397 e. The molecule has 0 radical (unpaired) electrons. The third-order valence-electron chi connectivity index (χ3n) is 2.38. The average molecular weight is 305 g/mol. The highest BCUT2D eigenvalue weighted by Crippen LogP contribution is 2.31. The number of alkyl halides is 3. The molecule has 0 saturated heterocycles. The van der Waals surface area contributed by atoms with Crippen molar-refractivity contribution in [1.29, 1.82) is 5.41 Å². The fourth-order valence-electron chi connectivity index (χ4n) is 1.40. The van der Waals surface area contributed by atoms with Crippen LogP contribution in [0.2, 0.25) is 0 Å². The largest absolute Gasteiger partial charge is 0.431 e. The SMILES string of the molecule is N=C(N)C(=C(N)C(F)(F)F)/C(Cl)=C(\N)c1ccccc1. The predicted molar refractivity (Wildman–Crippen MR) is 72.6 cm³/mol. The van der Waals surface area contributed by atoms with Crippen molar-refractivity contribution in [2.45, 2.75) is 6.18 Å². The number of benzene rings is 1. The molecular formula is C12H12ClF3N4. The molecule has 0 aliphatic rings. The quantitative estimate of drug-likeness (QED) is 0.391. The number of hydrogen-bond donors (Lipinski definition) is 4. The Morgan fingerprint density at radius 2 is 1.55 bits per heavy atom. The number of allylic oxidation sites excluding steroid dienone is 1. The van der Waals surface area contributed by atoms with E-state index in [1.54, 1.807) is 30.3 Å². The number of halogens is 4. The minimum Gasteiger partial charge on any atom is -0.397 e. The predicted octanol–water partition coefficient (Wildman–Crippen LogP) is 2.26. The Kier molecular flexibility index (Phi) is 4.67. The van der Waals surface area contributed by atoms with Crippen molar-refractivity contribution in [3.8, 4) is 0 Å². The van der Waals surface area contributed by atoms with Gasteiger partial charge in [0.2, 0.25) is 0 Å². The van der Waals surface area contributed by atoms with Crippen LogP contribution in [0, 0.1) is 5.41 Å². The van der Waals surface area contributed by atoms with Crippen molar-refractivity contribution in [2.24, 2.45) is 17.2 Å². The van der Waals surface area contributed by atoms with Crippen LogP contribution in [-0.2, 0) is 0 Å². The maximum atomic E-state index is 12.6. The molecule has 0 aromatic heterocycles. The van der Waals surface area contributed by atoms with Gasteiger partial charge in [-0.3, -0.25) is 5.41 Å². The van der Waals surface area contributed by atoms with Crippen LogP contribution in [0.1, 0.15) is 5.56 Å². The summed E-state index contributed by atoms with van der Waals surface area (Å²) in [7, 11) is 0. The molecule has 20 heavy (non-hydrogen) atoms. The zero-order chi connectivity index (χ0) is 15.5. The molecule has 0 atom stereocenters. The normalized spacial score (nSPS) is 14.4. The van der Waals surface area contributed by atoms with Gasteiger partial charge in [0.15, 0.2) is 0 Å². The number of hydrogen-bond acceptors (Lipinski definition) is 3. The van der Waals surface area contributed by atoms with Crippen LogP contribution in [0.3, 0.4) is 0 Å². The Balaban J connectivity index is 3.48. The zero-order valence-electron chi connectivity index (χ0n) is 10.1. The highest BCUT2D eigenvalue weighted by Gasteiger charge is 2.36. The van der Waals surface area contributed by atoms with Crippen molar-refractivity contribution >= 4 is 23.1 Å². The summed E-state index contributed by atoms with van der Waals surface area (Å²) in [4.78, 5) is 0. The molecule has 1 aromatic rings. The van der Waals surface area contributed by atoms with Crippen LogP contribution in [0.15, 0.2) is 46.6 Å². The van der Waals surface area contributed by atoms with Gasteiger partial charge in [-0.1, -0.05) is 41.9 Å². The van der Waals surface area contributed by atoms with Gasteiger partial charge in [0.25, 0.3) is 0 Å². The van der Waals surface area contributed by atoms with E-state index >= 15 is 0 Å². The Labute approximate surface area is 118 Å². The molecule has 0 spiro atoms. The Morgan fingerprint density at radius 3 is 1.95 bits per heavy atom. The first-order valence-corrected chi connectivity index (χ1v) is 5.66. The van der Waals surface area contributed by atoms with E-state index in [1.807, 2.05) is 0 Å². The molecule has 1 rings (SSSR count). The van der Waals surface area contributed by atoms with Crippen molar-refractivity contribution in [3.63, 3.8) is 0 Å². The summed E-state index contributed by atoms with van der Waals surface area (Å²) in [5, 5.41) is 6.70. The minimum absolute atomic E-state index is 0.148. The lowest BCUT2D eigenvalue weighted by atomic mass is 10.1. The van der Waals surface area contributed by atoms with Crippen LogP contribution in [0.4, 0.5) is 13.2 Å². The minimum atomic E-state index is -4.86. The van der Waals surface area contributed by atoms with E-state index < -0.39 is 28.3 Å². The molecule has 0 fully saturated rings. The highest BCUT2D eigenvalue weighted by atomic mass is 35.5. The lowest BCUT2D eigenvalue weighted by Crippen LogP contribution is -2.28. The van der Waals surface area contributed by atoms with E-state index in [9.17, 15) is 13.2 Å². The molecule has 7 N–H and O–H groups in total. The zero-order valence-corrected chi connectivity index (χ0v) is 10.9. The summed E-state index contributed by atoms with van der Waals surface area (Å²) in [6.07, 6.45) is -4.86. The molecular weight excluding hydrogens is 293 g/mol. The summed E-state index contributed by atoms with van der Waals surface area (Å²) in [6, 6.07) is 8.09. The van der Waals surface area contributed by atoms with Crippen molar-refractivity contribution in [3.05, 3.63) is 52.2 Å². The standard InChI is InChI=1S/C12H12ClF3N4/c13-8(9(17)6-4-2-1-3-5-6)7(11(19)20)10(18)12(14,15)16/h1-5H,17-18H2,(H3,19,20)/b9-8+,10-7?. The molecule has 0 saturated carbocycles. The lowest BCUT2D eigenvalue weighted by molar-refractivity contribution is -0.0930. The lowest BCUT2D eigenvalue weighted by Gasteiger charge is -2.14. The van der Waals surface area contributed by atoms with Gasteiger partial charge < -0.3 is 17.2 Å².